The van der Waals surface area contributed by atoms with E-state index >= 15 is 0 Å². The minimum absolute atomic E-state index is 0.118. The maximum absolute atomic E-state index is 11.8. The van der Waals surface area contributed by atoms with E-state index in [2.05, 4.69) is 10.3 Å². The fraction of sp³-hybridized carbons (Fsp3) is 0.462. The van der Waals surface area contributed by atoms with E-state index in [4.69, 9.17) is 4.74 Å². The van der Waals surface area contributed by atoms with Crippen molar-refractivity contribution >= 4 is 11.8 Å². The molecule has 0 spiro atoms. The molecule has 2 heterocycles. The Bertz CT molecular complexity index is 430. The third-order valence-electron chi connectivity index (χ3n) is 2.87. The van der Waals surface area contributed by atoms with Gasteiger partial charge in [-0.15, -0.1) is 0 Å². The molecule has 1 aliphatic heterocycles. The van der Waals surface area contributed by atoms with Gasteiger partial charge in [0.2, 0.25) is 11.8 Å². The van der Waals surface area contributed by atoms with E-state index in [9.17, 15) is 9.59 Å². The van der Waals surface area contributed by atoms with Crippen molar-refractivity contribution in [3.05, 3.63) is 30.1 Å². The van der Waals surface area contributed by atoms with Crippen molar-refractivity contribution in [1.29, 1.82) is 0 Å². The van der Waals surface area contributed by atoms with Crippen LogP contribution in [-0.2, 0) is 20.9 Å². The third-order valence-corrected chi connectivity index (χ3v) is 2.87. The van der Waals surface area contributed by atoms with Gasteiger partial charge >= 0.3 is 0 Å². The molecule has 1 fully saturated rings. The van der Waals surface area contributed by atoms with Gasteiger partial charge in [0.05, 0.1) is 25.5 Å². The number of pyridine rings is 1. The second kappa shape index (κ2) is 6.84. The Balaban J connectivity index is 1.73. The molecule has 0 aliphatic carbocycles. The first-order valence-electron chi connectivity index (χ1n) is 6.28. The highest BCUT2D eigenvalue weighted by Crippen LogP contribution is 2.00. The summed E-state index contributed by atoms with van der Waals surface area (Å²) in [6.07, 6.45) is 1.55. The molecule has 0 unspecified atom stereocenters. The van der Waals surface area contributed by atoms with Crippen molar-refractivity contribution in [3.8, 4) is 0 Å². The van der Waals surface area contributed by atoms with E-state index in [1.165, 1.54) is 0 Å². The van der Waals surface area contributed by atoms with Gasteiger partial charge in [-0.05, 0) is 12.1 Å². The van der Waals surface area contributed by atoms with Crippen molar-refractivity contribution in [2.24, 2.45) is 0 Å². The van der Waals surface area contributed by atoms with Crippen LogP contribution in [0, 0.1) is 0 Å². The zero-order chi connectivity index (χ0) is 13.5. The molecule has 0 bridgehead atoms. The summed E-state index contributed by atoms with van der Waals surface area (Å²) >= 11 is 0. The zero-order valence-electron chi connectivity index (χ0n) is 10.7. The number of carbonyl (C=O) groups is 2. The normalized spacial score (nSPS) is 15.1. The highest BCUT2D eigenvalue weighted by Gasteiger charge is 2.19. The summed E-state index contributed by atoms with van der Waals surface area (Å²) in [5.74, 6) is -0.427. The molecule has 2 amide bonds. The maximum Gasteiger partial charge on any atom is 0.232 e. The second-order valence-electron chi connectivity index (χ2n) is 4.27. The standard InChI is InChI=1S/C13H17N3O3/c17-12(15-10-11-3-1-2-4-14-11)9-13(18)16-5-7-19-8-6-16/h1-4H,5-10H2,(H,15,17). The van der Waals surface area contributed by atoms with Crippen molar-refractivity contribution in [2.45, 2.75) is 13.0 Å². The number of aromatic nitrogens is 1. The number of morpholine rings is 1. The van der Waals surface area contributed by atoms with E-state index < -0.39 is 0 Å². The molecule has 102 valence electrons. The van der Waals surface area contributed by atoms with E-state index in [0.717, 1.165) is 5.69 Å². The van der Waals surface area contributed by atoms with Crippen molar-refractivity contribution in [3.63, 3.8) is 0 Å². The molecule has 6 heteroatoms. The Labute approximate surface area is 111 Å². The lowest BCUT2D eigenvalue weighted by Gasteiger charge is -2.26. The van der Waals surface area contributed by atoms with Crippen LogP contribution in [0.2, 0.25) is 0 Å². The lowest BCUT2D eigenvalue weighted by molar-refractivity contribution is -0.139. The Morgan fingerprint density at radius 1 is 1.32 bits per heavy atom. The third kappa shape index (κ3) is 4.33. The van der Waals surface area contributed by atoms with Crippen molar-refractivity contribution in [1.82, 2.24) is 15.2 Å². The summed E-state index contributed by atoms with van der Waals surface area (Å²) in [6, 6.07) is 5.49. The predicted octanol–water partition coefficient (Wildman–Crippen LogP) is -0.0533. The van der Waals surface area contributed by atoms with Crippen LogP contribution in [0.1, 0.15) is 12.1 Å². The van der Waals surface area contributed by atoms with Gasteiger partial charge in [0.15, 0.2) is 0 Å². The molecular formula is C13H17N3O3. The molecule has 1 N–H and O–H groups in total. The summed E-state index contributed by atoms with van der Waals surface area (Å²) in [6.45, 7) is 2.55. The summed E-state index contributed by atoms with van der Waals surface area (Å²) in [4.78, 5) is 29.2. The number of carbonyl (C=O) groups excluding carboxylic acids is 2. The fourth-order valence-electron chi connectivity index (χ4n) is 1.82. The molecular weight excluding hydrogens is 246 g/mol. The summed E-state index contributed by atoms with van der Waals surface area (Å²) < 4.78 is 5.16. The predicted molar refractivity (Wildman–Crippen MR) is 68.1 cm³/mol. The molecule has 0 aromatic carbocycles. The van der Waals surface area contributed by atoms with Gasteiger partial charge in [-0.1, -0.05) is 6.07 Å². The lowest BCUT2D eigenvalue weighted by Crippen LogP contribution is -2.42. The first kappa shape index (κ1) is 13.5. The van der Waals surface area contributed by atoms with E-state index in [-0.39, 0.29) is 18.2 Å². The molecule has 1 aromatic rings. The van der Waals surface area contributed by atoms with Gasteiger partial charge in [-0.3, -0.25) is 14.6 Å². The summed E-state index contributed by atoms with van der Waals surface area (Å²) in [7, 11) is 0. The minimum atomic E-state index is -0.276. The number of amides is 2. The first-order valence-corrected chi connectivity index (χ1v) is 6.28. The first-order chi connectivity index (χ1) is 9.25. The average molecular weight is 263 g/mol. The Kier molecular flexibility index (Phi) is 4.85. The summed E-state index contributed by atoms with van der Waals surface area (Å²) in [5, 5.41) is 2.69. The van der Waals surface area contributed by atoms with Gasteiger partial charge < -0.3 is 15.0 Å². The van der Waals surface area contributed by atoms with Crippen molar-refractivity contribution < 1.29 is 14.3 Å². The number of nitrogens with one attached hydrogen (secondary N) is 1. The number of ether oxygens (including phenoxy) is 1. The molecule has 19 heavy (non-hydrogen) atoms. The van der Waals surface area contributed by atoms with Crippen LogP contribution in [0.3, 0.4) is 0 Å². The Morgan fingerprint density at radius 2 is 2.11 bits per heavy atom. The number of hydrogen-bond acceptors (Lipinski definition) is 4. The monoisotopic (exact) mass is 263 g/mol. The average Bonchev–Trinajstić information content (AvgIpc) is 2.47. The minimum Gasteiger partial charge on any atom is -0.378 e. The Morgan fingerprint density at radius 3 is 2.79 bits per heavy atom. The van der Waals surface area contributed by atoms with Gasteiger partial charge in [-0.2, -0.15) is 0 Å². The van der Waals surface area contributed by atoms with Crippen LogP contribution < -0.4 is 5.32 Å². The molecule has 1 aromatic heterocycles. The van der Waals surface area contributed by atoms with E-state index in [1.807, 2.05) is 18.2 Å². The van der Waals surface area contributed by atoms with Crippen LogP contribution in [0.4, 0.5) is 0 Å². The van der Waals surface area contributed by atoms with Crippen LogP contribution >= 0.6 is 0 Å². The highest BCUT2D eigenvalue weighted by molar-refractivity contribution is 5.96. The van der Waals surface area contributed by atoms with E-state index in [0.29, 0.717) is 32.8 Å². The topological polar surface area (TPSA) is 71.5 Å². The molecule has 2 rings (SSSR count). The maximum atomic E-state index is 11.8. The van der Waals surface area contributed by atoms with E-state index in [1.54, 1.807) is 11.1 Å². The zero-order valence-corrected chi connectivity index (χ0v) is 10.7. The van der Waals surface area contributed by atoms with Gasteiger partial charge in [0, 0.05) is 19.3 Å². The quantitative estimate of drug-likeness (QED) is 0.773. The van der Waals surface area contributed by atoms with Crippen LogP contribution in [0.15, 0.2) is 24.4 Å². The smallest absolute Gasteiger partial charge is 0.232 e. The van der Waals surface area contributed by atoms with Crippen LogP contribution in [0.5, 0.6) is 0 Å². The Hall–Kier alpha value is -1.95. The molecule has 0 atom stereocenters. The largest absolute Gasteiger partial charge is 0.378 e. The molecule has 1 saturated heterocycles. The lowest BCUT2D eigenvalue weighted by atomic mass is 10.3. The number of rotatable bonds is 4. The summed E-state index contributed by atoms with van der Waals surface area (Å²) in [5.41, 5.74) is 0.773. The molecule has 0 radical (unpaired) electrons. The number of nitrogens with zero attached hydrogens (tertiary/aromatic N) is 2. The molecule has 6 nitrogen and oxygen atoms in total. The fourth-order valence-corrected chi connectivity index (χ4v) is 1.82. The molecule has 1 aliphatic rings. The highest BCUT2D eigenvalue weighted by atomic mass is 16.5. The van der Waals surface area contributed by atoms with Gasteiger partial charge in [0.25, 0.3) is 0 Å². The number of hydrogen-bond donors (Lipinski definition) is 1. The van der Waals surface area contributed by atoms with Crippen LogP contribution in [-0.4, -0.2) is 48.0 Å². The van der Waals surface area contributed by atoms with Crippen molar-refractivity contribution in [2.75, 3.05) is 26.3 Å². The van der Waals surface area contributed by atoms with Gasteiger partial charge in [-0.25, -0.2) is 0 Å². The molecule has 0 saturated carbocycles. The SMILES string of the molecule is O=C(CC(=O)N1CCOCC1)NCc1ccccn1. The van der Waals surface area contributed by atoms with Gasteiger partial charge in [0.1, 0.15) is 6.42 Å². The second-order valence-corrected chi connectivity index (χ2v) is 4.27. The van der Waals surface area contributed by atoms with Crippen LogP contribution in [0.25, 0.3) is 0 Å².